The number of benzene rings is 2. The van der Waals surface area contributed by atoms with E-state index in [4.69, 9.17) is 9.47 Å². The number of hydrogen-bond acceptors (Lipinski definition) is 6. The maximum atomic E-state index is 13.4. The molecule has 1 aliphatic heterocycles. The Bertz CT molecular complexity index is 1250. The van der Waals surface area contributed by atoms with Crippen LogP contribution in [0.2, 0.25) is 0 Å². The van der Waals surface area contributed by atoms with Crippen molar-refractivity contribution in [3.63, 3.8) is 0 Å². The molecule has 3 aromatic rings. The summed E-state index contributed by atoms with van der Waals surface area (Å²) in [5.41, 5.74) is 2.17. The van der Waals surface area contributed by atoms with Crippen LogP contribution in [0.15, 0.2) is 30.3 Å². The highest BCUT2D eigenvalue weighted by atomic mass is 19.3. The number of rotatable bonds is 8. The van der Waals surface area contributed by atoms with Gasteiger partial charge in [0.15, 0.2) is 11.5 Å². The van der Waals surface area contributed by atoms with Gasteiger partial charge >= 0.3 is 0 Å². The molecule has 6 nitrogen and oxygen atoms in total. The van der Waals surface area contributed by atoms with Gasteiger partial charge in [-0.05, 0) is 63.8 Å². The fourth-order valence-electron chi connectivity index (χ4n) is 5.44. The molecule has 2 fully saturated rings. The fourth-order valence-corrected chi connectivity index (χ4v) is 5.44. The van der Waals surface area contributed by atoms with Gasteiger partial charge in [-0.25, -0.2) is 18.7 Å². The Kier molecular flexibility index (Phi) is 6.25. The minimum absolute atomic E-state index is 0.0508. The number of aromatic nitrogens is 2. The number of nitrogens with one attached hydrogen (secondary N) is 1. The van der Waals surface area contributed by atoms with Gasteiger partial charge in [-0.2, -0.15) is 0 Å². The van der Waals surface area contributed by atoms with E-state index in [-0.39, 0.29) is 11.6 Å². The monoisotopic (exact) mass is 482 g/mol. The zero-order valence-corrected chi connectivity index (χ0v) is 20.8. The third-order valence-corrected chi connectivity index (χ3v) is 7.56. The average molecular weight is 483 g/mol. The Morgan fingerprint density at radius 3 is 2.57 bits per heavy atom. The van der Waals surface area contributed by atoms with Crippen LogP contribution in [0, 0.1) is 19.8 Å². The molecule has 0 radical (unpaired) electrons. The third kappa shape index (κ3) is 4.51. The molecule has 0 amide bonds. The minimum atomic E-state index is -2.51. The smallest absolute Gasteiger partial charge is 0.264 e. The van der Waals surface area contributed by atoms with Crippen LogP contribution < -0.4 is 14.8 Å². The molecule has 35 heavy (non-hydrogen) atoms. The van der Waals surface area contributed by atoms with Gasteiger partial charge in [0.2, 0.25) is 0 Å². The number of fused-ring (bicyclic) bond motifs is 2. The second kappa shape index (κ2) is 9.22. The average Bonchev–Trinajstić information content (AvgIpc) is 3.53. The van der Waals surface area contributed by atoms with Crippen LogP contribution in [0.25, 0.3) is 10.9 Å². The number of alkyl halides is 2. The van der Waals surface area contributed by atoms with Crippen LogP contribution in [-0.4, -0.2) is 47.7 Å². The highest BCUT2D eigenvalue weighted by molar-refractivity contribution is 5.92. The lowest BCUT2D eigenvalue weighted by Crippen LogP contribution is -2.33. The molecule has 1 saturated heterocycles. The third-order valence-electron chi connectivity index (χ3n) is 7.56. The zero-order chi connectivity index (χ0) is 24.9. The van der Waals surface area contributed by atoms with Gasteiger partial charge in [-0.3, -0.25) is 4.90 Å². The molecule has 0 bridgehead atoms. The number of piperidine rings is 1. The van der Waals surface area contributed by atoms with Crippen molar-refractivity contribution in [1.82, 2.24) is 14.9 Å². The summed E-state index contributed by atoms with van der Waals surface area (Å²) in [6.07, 6.45) is -0.0439. The summed E-state index contributed by atoms with van der Waals surface area (Å²) in [7, 11) is 3.80. The van der Waals surface area contributed by atoms with E-state index in [0.717, 1.165) is 22.4 Å². The first-order chi connectivity index (χ1) is 16.8. The Morgan fingerprint density at radius 2 is 1.89 bits per heavy atom. The summed E-state index contributed by atoms with van der Waals surface area (Å²) in [4.78, 5) is 11.7. The normalized spacial score (nSPS) is 22.3. The van der Waals surface area contributed by atoms with Crippen LogP contribution >= 0.6 is 0 Å². The minimum Gasteiger partial charge on any atom is -0.493 e. The molecule has 2 aliphatic rings. The van der Waals surface area contributed by atoms with E-state index in [9.17, 15) is 8.78 Å². The number of aryl methyl sites for hydroxylation is 1. The van der Waals surface area contributed by atoms with Crippen molar-refractivity contribution < 1.29 is 18.3 Å². The van der Waals surface area contributed by atoms with E-state index in [1.807, 2.05) is 32.0 Å². The van der Waals surface area contributed by atoms with Crippen molar-refractivity contribution >= 4 is 16.7 Å². The summed E-state index contributed by atoms with van der Waals surface area (Å²) in [5.74, 6) is 3.32. The summed E-state index contributed by atoms with van der Waals surface area (Å²) in [5, 5.41) is 4.22. The number of ether oxygens (including phenoxy) is 2. The molecule has 1 aliphatic carbocycles. The second-order valence-electron chi connectivity index (χ2n) is 9.80. The van der Waals surface area contributed by atoms with Crippen LogP contribution in [0.5, 0.6) is 11.5 Å². The molecule has 2 unspecified atom stereocenters. The summed E-state index contributed by atoms with van der Waals surface area (Å²) in [6, 6.07) is 9.67. The van der Waals surface area contributed by atoms with Crippen molar-refractivity contribution in [2.75, 3.05) is 26.1 Å². The van der Waals surface area contributed by atoms with Gasteiger partial charge in [0, 0.05) is 29.1 Å². The summed E-state index contributed by atoms with van der Waals surface area (Å²) < 4.78 is 38.8. The molecule has 8 heteroatoms. The van der Waals surface area contributed by atoms with Gasteiger partial charge in [-0.15, -0.1) is 0 Å². The maximum absolute atomic E-state index is 13.4. The van der Waals surface area contributed by atoms with Crippen molar-refractivity contribution in [2.45, 2.75) is 58.2 Å². The molecule has 1 aromatic heterocycles. The largest absolute Gasteiger partial charge is 0.493 e. The van der Waals surface area contributed by atoms with E-state index < -0.39 is 6.43 Å². The molecule has 5 rings (SSSR count). The first-order valence-electron chi connectivity index (χ1n) is 12.1. The molecular weight excluding hydrogens is 450 g/mol. The molecule has 1 saturated carbocycles. The van der Waals surface area contributed by atoms with Crippen molar-refractivity contribution in [3.8, 4) is 11.5 Å². The van der Waals surface area contributed by atoms with E-state index in [1.54, 1.807) is 20.1 Å². The van der Waals surface area contributed by atoms with Crippen molar-refractivity contribution in [2.24, 2.45) is 5.92 Å². The number of methoxy groups -OCH3 is 1. The Hall–Kier alpha value is -3.00. The van der Waals surface area contributed by atoms with Crippen LogP contribution in [0.3, 0.4) is 0 Å². The Morgan fingerprint density at radius 1 is 1.11 bits per heavy atom. The van der Waals surface area contributed by atoms with E-state index >= 15 is 0 Å². The first-order valence-corrected chi connectivity index (χ1v) is 12.1. The lowest BCUT2D eigenvalue weighted by Gasteiger charge is -2.24. The number of halogens is 2. The summed E-state index contributed by atoms with van der Waals surface area (Å²) >= 11 is 0. The van der Waals surface area contributed by atoms with Gasteiger partial charge in [0.25, 0.3) is 6.43 Å². The molecule has 2 aromatic carbocycles. The number of likely N-dealkylation sites (N-methyl/N-ethyl adjacent to an activating group) is 1. The van der Waals surface area contributed by atoms with Crippen LogP contribution in [0.4, 0.5) is 14.6 Å². The second-order valence-corrected chi connectivity index (χ2v) is 9.80. The van der Waals surface area contributed by atoms with Crippen molar-refractivity contribution in [3.05, 3.63) is 52.8 Å². The topological polar surface area (TPSA) is 59.5 Å². The Labute approximate surface area is 204 Å². The van der Waals surface area contributed by atoms with Gasteiger partial charge in [0.05, 0.1) is 18.7 Å². The van der Waals surface area contributed by atoms with Crippen LogP contribution in [0.1, 0.15) is 54.7 Å². The van der Waals surface area contributed by atoms with E-state index in [0.29, 0.717) is 47.4 Å². The zero-order valence-electron chi connectivity index (χ0n) is 20.8. The van der Waals surface area contributed by atoms with E-state index in [2.05, 4.69) is 27.2 Å². The highest BCUT2D eigenvalue weighted by Gasteiger charge is 2.50. The van der Waals surface area contributed by atoms with Crippen molar-refractivity contribution in [1.29, 1.82) is 0 Å². The number of nitrogens with zero attached hydrogens (tertiary/aromatic N) is 3. The number of anilines is 1. The van der Waals surface area contributed by atoms with Gasteiger partial charge < -0.3 is 14.8 Å². The quantitative estimate of drug-likeness (QED) is 0.436. The van der Waals surface area contributed by atoms with Gasteiger partial charge in [-0.1, -0.05) is 18.2 Å². The standard InChI is InChI=1S/C27H32F2N4O2/c1-14-19(7-6-8-20(14)26(28)29)15(2)30-27-21-11-25(24(34-5)12-22(21)31-16(3)32-27)35-13-18-9-17-10-23(17)33(18)4/h6-8,11-12,15,17-18,23,26H,9-10,13H2,1-5H3,(H,30,31,32)/t15-,17?,18+,23?/m1/s1. The SMILES string of the molecule is COc1cc2nc(C)nc(N[C@H](C)c3cccc(C(F)F)c3C)c2cc1OC[C@@H]1CC2CC2N1C. The van der Waals surface area contributed by atoms with Gasteiger partial charge in [0.1, 0.15) is 18.2 Å². The number of hydrogen-bond donors (Lipinski definition) is 1. The molecule has 2 heterocycles. The lowest BCUT2D eigenvalue weighted by molar-refractivity contribution is 0.150. The first kappa shape index (κ1) is 23.7. The fraction of sp³-hybridized carbons (Fsp3) is 0.481. The molecule has 186 valence electrons. The van der Waals surface area contributed by atoms with Crippen LogP contribution in [-0.2, 0) is 0 Å². The lowest BCUT2D eigenvalue weighted by atomic mass is 9.97. The molecular formula is C27H32F2N4O2. The van der Waals surface area contributed by atoms with E-state index in [1.165, 1.54) is 18.9 Å². The number of likely N-dealkylation sites (tertiary alicyclic amines) is 1. The molecule has 4 atom stereocenters. The highest BCUT2D eigenvalue weighted by Crippen LogP contribution is 2.47. The molecule has 1 N–H and O–H groups in total. The Balaban J connectivity index is 1.45. The summed E-state index contributed by atoms with van der Waals surface area (Å²) in [6.45, 7) is 6.11. The predicted molar refractivity (Wildman–Crippen MR) is 133 cm³/mol. The maximum Gasteiger partial charge on any atom is 0.264 e. The predicted octanol–water partition coefficient (Wildman–Crippen LogP) is 5.84. The molecule has 0 spiro atoms.